The molecular weight excluding hydrogens is 237 g/mol. The summed E-state index contributed by atoms with van der Waals surface area (Å²) in [6.45, 7) is 2.28. The molecule has 0 fully saturated rings. The Kier molecular flexibility index (Phi) is 9.30. The lowest BCUT2D eigenvalue weighted by Crippen LogP contribution is -1.98. The average molecular weight is 267 g/mol. The molecule has 0 bridgehead atoms. The van der Waals surface area contributed by atoms with E-state index in [1.54, 1.807) is 0 Å². The molecule has 0 amide bonds. The van der Waals surface area contributed by atoms with Crippen molar-refractivity contribution in [1.29, 1.82) is 0 Å². The third kappa shape index (κ3) is 7.21. The Morgan fingerprint density at radius 1 is 0.889 bits per heavy atom. The molecule has 1 aromatic rings. The molecule has 0 saturated heterocycles. The lowest BCUT2D eigenvalue weighted by molar-refractivity contribution is 0.556. The number of rotatable bonds is 11. The summed E-state index contributed by atoms with van der Waals surface area (Å²) in [6, 6.07) is 2.20. The van der Waals surface area contributed by atoms with Crippen LogP contribution < -0.4 is 5.44 Å². The zero-order valence-corrected chi connectivity index (χ0v) is 13.2. The highest BCUT2D eigenvalue weighted by atomic mass is 31.0. The van der Waals surface area contributed by atoms with Gasteiger partial charge in [-0.15, -0.1) is 0 Å². The Balaban J connectivity index is 1.83. The van der Waals surface area contributed by atoms with Crippen molar-refractivity contribution in [2.75, 3.05) is 0 Å². The van der Waals surface area contributed by atoms with Gasteiger partial charge in [-0.25, -0.2) is 0 Å². The van der Waals surface area contributed by atoms with Gasteiger partial charge in [0.2, 0.25) is 0 Å². The van der Waals surface area contributed by atoms with Crippen molar-refractivity contribution in [3.63, 3.8) is 0 Å². The molecule has 0 spiro atoms. The Morgan fingerprint density at radius 2 is 1.44 bits per heavy atom. The van der Waals surface area contributed by atoms with E-state index in [0.29, 0.717) is 0 Å². The van der Waals surface area contributed by atoms with Crippen molar-refractivity contribution in [2.24, 2.45) is 0 Å². The van der Waals surface area contributed by atoms with Gasteiger partial charge in [0.25, 0.3) is 0 Å². The first-order chi connectivity index (χ1) is 8.84. The molecule has 18 heavy (non-hydrogen) atoms. The van der Waals surface area contributed by atoms with Crippen LogP contribution in [-0.2, 0) is 6.42 Å². The van der Waals surface area contributed by atoms with Crippen molar-refractivity contribution in [3.05, 3.63) is 17.8 Å². The summed E-state index contributed by atoms with van der Waals surface area (Å²) in [6.07, 6.45) is 17.4. The van der Waals surface area contributed by atoms with Crippen LogP contribution in [0.4, 0.5) is 0 Å². The van der Waals surface area contributed by atoms with Crippen molar-refractivity contribution in [2.45, 2.75) is 77.6 Å². The van der Waals surface area contributed by atoms with Crippen LogP contribution in [-0.4, -0.2) is 4.98 Å². The molecular formula is C16H30NP. The van der Waals surface area contributed by atoms with E-state index in [0.717, 1.165) is 0 Å². The van der Waals surface area contributed by atoms with Gasteiger partial charge < -0.3 is 4.98 Å². The van der Waals surface area contributed by atoms with Crippen molar-refractivity contribution in [1.82, 2.24) is 4.98 Å². The molecule has 0 aromatic carbocycles. The Bertz CT molecular complexity index is 293. The van der Waals surface area contributed by atoms with Gasteiger partial charge in [0.1, 0.15) is 0 Å². The fourth-order valence-electron chi connectivity index (χ4n) is 2.44. The highest BCUT2D eigenvalue weighted by Crippen LogP contribution is 2.12. The number of hydrogen-bond acceptors (Lipinski definition) is 0. The molecule has 1 rings (SSSR count). The highest BCUT2D eigenvalue weighted by molar-refractivity contribution is 7.27. The number of nitrogens with one attached hydrogen (secondary N) is 1. The van der Waals surface area contributed by atoms with Crippen LogP contribution >= 0.6 is 9.24 Å². The van der Waals surface area contributed by atoms with E-state index in [-0.39, 0.29) is 0 Å². The smallest absolute Gasteiger partial charge is 0.0353 e. The number of aromatic nitrogens is 1. The molecule has 1 unspecified atom stereocenters. The van der Waals surface area contributed by atoms with Gasteiger partial charge in [0, 0.05) is 11.6 Å². The zero-order valence-electron chi connectivity index (χ0n) is 12.0. The molecule has 1 N–H and O–H groups in total. The predicted molar refractivity (Wildman–Crippen MR) is 85.7 cm³/mol. The zero-order chi connectivity index (χ0) is 13.1. The molecule has 2 heteroatoms. The minimum absolute atomic E-state index is 1.23. The molecule has 1 aromatic heterocycles. The van der Waals surface area contributed by atoms with E-state index in [2.05, 4.69) is 27.2 Å². The van der Waals surface area contributed by atoms with Crippen molar-refractivity contribution < 1.29 is 0 Å². The van der Waals surface area contributed by atoms with Gasteiger partial charge in [-0.3, -0.25) is 0 Å². The highest BCUT2D eigenvalue weighted by Gasteiger charge is 1.98. The van der Waals surface area contributed by atoms with E-state index in [9.17, 15) is 0 Å². The quantitative estimate of drug-likeness (QED) is 0.430. The first-order valence-corrected chi connectivity index (χ1v) is 8.34. The maximum Gasteiger partial charge on any atom is 0.0353 e. The summed E-state index contributed by atoms with van der Waals surface area (Å²) in [7, 11) is 2.78. The van der Waals surface area contributed by atoms with E-state index < -0.39 is 0 Å². The van der Waals surface area contributed by atoms with Gasteiger partial charge in [-0.1, -0.05) is 74.0 Å². The summed E-state index contributed by atoms with van der Waals surface area (Å²) in [5.41, 5.74) is 2.74. The van der Waals surface area contributed by atoms with E-state index in [1.807, 2.05) is 6.20 Å². The van der Waals surface area contributed by atoms with Crippen LogP contribution in [0.1, 0.15) is 76.7 Å². The second-order valence-corrected chi connectivity index (χ2v) is 5.93. The average Bonchev–Trinajstić information content (AvgIpc) is 2.77. The first kappa shape index (κ1) is 15.8. The standard InChI is InChI=1S/C16H30NP/c1-2-3-4-5-6-7-8-9-10-11-12-15-13-14-17-16(15)18/h13-14,17H,2-12,18H2,1H3. The summed E-state index contributed by atoms with van der Waals surface area (Å²) in [4.78, 5) is 3.22. The number of H-pyrrole nitrogens is 1. The molecule has 104 valence electrons. The molecule has 0 aliphatic carbocycles. The normalized spacial score (nSPS) is 11.0. The fraction of sp³-hybridized carbons (Fsp3) is 0.750. The number of aryl methyl sites for hydroxylation is 1. The Hall–Kier alpha value is -0.290. The summed E-state index contributed by atoms with van der Waals surface area (Å²) < 4.78 is 0. The Morgan fingerprint density at radius 3 is 1.94 bits per heavy atom. The van der Waals surface area contributed by atoms with Crippen LogP contribution in [0.3, 0.4) is 0 Å². The minimum atomic E-state index is 1.23. The minimum Gasteiger partial charge on any atom is -0.362 e. The van der Waals surface area contributed by atoms with Crippen LogP contribution in [0.5, 0.6) is 0 Å². The number of unbranched alkanes of at least 4 members (excludes halogenated alkanes) is 9. The van der Waals surface area contributed by atoms with Gasteiger partial charge in [-0.2, -0.15) is 0 Å². The molecule has 0 aliphatic rings. The Labute approximate surface area is 115 Å². The summed E-state index contributed by atoms with van der Waals surface area (Å²) in [5.74, 6) is 0. The molecule has 0 saturated carbocycles. The topological polar surface area (TPSA) is 15.8 Å². The number of hydrogen-bond donors (Lipinski definition) is 1. The van der Waals surface area contributed by atoms with E-state index >= 15 is 0 Å². The predicted octanol–water partition coefficient (Wildman–Crippen LogP) is 4.98. The van der Waals surface area contributed by atoms with Gasteiger partial charge >= 0.3 is 0 Å². The monoisotopic (exact) mass is 267 g/mol. The summed E-state index contributed by atoms with van der Waals surface area (Å²) in [5, 5.41) is 0. The van der Waals surface area contributed by atoms with Crippen LogP contribution in [0.15, 0.2) is 12.3 Å². The van der Waals surface area contributed by atoms with E-state index in [1.165, 1.54) is 81.6 Å². The largest absolute Gasteiger partial charge is 0.362 e. The van der Waals surface area contributed by atoms with Gasteiger partial charge in [0.15, 0.2) is 0 Å². The second-order valence-electron chi connectivity index (χ2n) is 5.35. The van der Waals surface area contributed by atoms with Gasteiger partial charge in [-0.05, 0) is 24.5 Å². The van der Waals surface area contributed by atoms with Crippen LogP contribution in [0.2, 0.25) is 0 Å². The third-order valence-corrected chi connectivity index (χ3v) is 4.21. The number of aromatic amines is 1. The fourth-order valence-corrected chi connectivity index (χ4v) is 2.77. The lowest BCUT2D eigenvalue weighted by atomic mass is 10.0. The first-order valence-electron chi connectivity index (χ1n) is 7.76. The molecule has 0 aliphatic heterocycles. The third-order valence-electron chi connectivity index (χ3n) is 3.67. The van der Waals surface area contributed by atoms with E-state index in [4.69, 9.17) is 0 Å². The lowest BCUT2D eigenvalue weighted by Gasteiger charge is -2.02. The molecule has 0 radical (unpaired) electrons. The van der Waals surface area contributed by atoms with Gasteiger partial charge in [0.05, 0.1) is 0 Å². The van der Waals surface area contributed by atoms with Crippen LogP contribution in [0.25, 0.3) is 0 Å². The second kappa shape index (κ2) is 10.6. The van der Waals surface area contributed by atoms with Crippen molar-refractivity contribution in [3.8, 4) is 0 Å². The maximum atomic E-state index is 3.22. The maximum absolute atomic E-state index is 3.22. The molecule has 1 atom stereocenters. The SMILES string of the molecule is CCCCCCCCCCCCc1cc[nH]c1P. The van der Waals surface area contributed by atoms with Crippen LogP contribution in [0, 0.1) is 0 Å². The van der Waals surface area contributed by atoms with Crippen molar-refractivity contribution >= 4 is 14.7 Å². The molecule has 1 nitrogen and oxygen atoms in total. The summed E-state index contributed by atoms with van der Waals surface area (Å²) >= 11 is 0. The molecule has 1 heterocycles.